The number of nitrogens with zero attached hydrogens (tertiary/aromatic N) is 1. The number of urea groups is 1. The molecule has 0 aromatic heterocycles. The Bertz CT molecular complexity index is 832. The van der Waals surface area contributed by atoms with Crippen LogP contribution in [-0.2, 0) is 4.79 Å². The predicted octanol–water partition coefficient (Wildman–Crippen LogP) is 2.75. The molecule has 12 heteroatoms. The van der Waals surface area contributed by atoms with Gasteiger partial charge in [-0.05, 0) is 24.8 Å². The first-order valence-electron chi connectivity index (χ1n) is 9.20. The zero-order valence-corrected chi connectivity index (χ0v) is 16.2. The average molecular weight is 456 g/mol. The Morgan fingerprint density at radius 1 is 1.33 bits per heavy atom. The van der Waals surface area contributed by atoms with Gasteiger partial charge in [-0.25, -0.2) is 13.6 Å². The lowest BCUT2D eigenvalue weighted by molar-refractivity contribution is -0.206. The number of aliphatic hydroxyl groups is 1. The van der Waals surface area contributed by atoms with Crippen molar-refractivity contribution in [2.24, 2.45) is 11.8 Å². The van der Waals surface area contributed by atoms with Crippen LogP contribution in [0.2, 0.25) is 5.02 Å². The third-order valence-electron chi connectivity index (χ3n) is 5.55. The van der Waals surface area contributed by atoms with E-state index in [1.807, 2.05) is 0 Å². The van der Waals surface area contributed by atoms with Crippen molar-refractivity contribution < 1.29 is 36.6 Å². The second kappa shape index (κ2) is 8.54. The van der Waals surface area contributed by atoms with Crippen LogP contribution in [0.1, 0.15) is 24.4 Å². The molecule has 0 bridgehead atoms. The van der Waals surface area contributed by atoms with Gasteiger partial charge in [0.2, 0.25) is 5.91 Å². The number of nitrogens with one attached hydrogen (secondary N) is 2. The van der Waals surface area contributed by atoms with Gasteiger partial charge in [-0.3, -0.25) is 4.79 Å². The molecule has 166 valence electrons. The number of hydrogen-bond acceptors (Lipinski definition) is 3. The lowest BCUT2D eigenvalue weighted by Gasteiger charge is -2.43. The third kappa shape index (κ3) is 4.31. The van der Waals surface area contributed by atoms with Crippen LogP contribution in [0.3, 0.4) is 0 Å². The van der Waals surface area contributed by atoms with Crippen LogP contribution < -0.4 is 10.6 Å². The first-order valence-corrected chi connectivity index (χ1v) is 9.58. The summed E-state index contributed by atoms with van der Waals surface area (Å²) >= 11 is 5.60. The number of aliphatic hydroxyl groups excluding tert-OH is 1. The van der Waals surface area contributed by atoms with Crippen LogP contribution >= 0.6 is 11.6 Å². The summed E-state index contributed by atoms with van der Waals surface area (Å²) in [6.45, 7) is -0.512. The lowest BCUT2D eigenvalue weighted by atomic mass is 9.69. The van der Waals surface area contributed by atoms with E-state index in [-0.39, 0.29) is 31.5 Å². The fourth-order valence-corrected chi connectivity index (χ4v) is 3.96. The van der Waals surface area contributed by atoms with Gasteiger partial charge in [-0.1, -0.05) is 17.7 Å². The van der Waals surface area contributed by atoms with Crippen molar-refractivity contribution in [3.8, 4) is 0 Å². The Hall–Kier alpha value is -2.14. The molecule has 3 rings (SSSR count). The van der Waals surface area contributed by atoms with Gasteiger partial charge in [0, 0.05) is 18.7 Å². The van der Waals surface area contributed by atoms with Crippen LogP contribution in [0.25, 0.3) is 0 Å². The number of amides is 3. The zero-order chi connectivity index (χ0) is 22.2. The molecule has 2 aliphatic rings. The normalized spacial score (nSPS) is 25.4. The molecule has 1 aliphatic heterocycles. The number of hydrogen-bond donors (Lipinski definition) is 3. The van der Waals surface area contributed by atoms with Crippen molar-refractivity contribution in [3.63, 3.8) is 0 Å². The molecule has 0 spiro atoms. The number of halogens is 6. The van der Waals surface area contributed by atoms with Crippen molar-refractivity contribution in [1.82, 2.24) is 15.5 Å². The predicted molar refractivity (Wildman–Crippen MR) is 95.5 cm³/mol. The molecule has 1 saturated heterocycles. The van der Waals surface area contributed by atoms with Gasteiger partial charge in [0.05, 0.1) is 18.6 Å². The average Bonchev–Trinajstić information content (AvgIpc) is 2.63. The standard InChI is InChI=1S/C18H19ClF5N3O3/c19-13-11(20)2-1-10(14(13)21)15(8-5-9(6-8)18(22,23)24)26-17(30)27-4-3-25-16(29)12(27)7-28/h1-2,8-9,12,15,28H,3-7H2,(H,25,29)(H,26,30)/t8?,9?,12?,15-/m0/s1. The van der Waals surface area contributed by atoms with Crippen LogP contribution in [0.4, 0.5) is 26.7 Å². The Morgan fingerprint density at radius 2 is 2.00 bits per heavy atom. The fraction of sp³-hybridized carbons (Fsp3) is 0.556. The minimum absolute atomic E-state index is 0.0397. The van der Waals surface area contributed by atoms with Crippen LogP contribution in [0, 0.1) is 23.5 Å². The van der Waals surface area contributed by atoms with E-state index in [0.717, 1.165) is 17.0 Å². The molecule has 0 radical (unpaired) electrons. The highest BCUT2D eigenvalue weighted by molar-refractivity contribution is 6.31. The van der Waals surface area contributed by atoms with E-state index in [1.54, 1.807) is 0 Å². The quantitative estimate of drug-likeness (QED) is 0.482. The summed E-state index contributed by atoms with van der Waals surface area (Å²) in [7, 11) is 0. The number of carbonyl (C=O) groups excluding carboxylic acids is 2. The van der Waals surface area contributed by atoms with E-state index < -0.39 is 65.3 Å². The van der Waals surface area contributed by atoms with Crippen molar-refractivity contribution >= 4 is 23.5 Å². The topological polar surface area (TPSA) is 81.7 Å². The number of benzene rings is 1. The van der Waals surface area contributed by atoms with E-state index in [9.17, 15) is 36.6 Å². The van der Waals surface area contributed by atoms with Crippen LogP contribution in [0.15, 0.2) is 12.1 Å². The molecule has 1 aromatic carbocycles. The molecule has 6 nitrogen and oxygen atoms in total. The molecular formula is C18H19ClF5N3O3. The summed E-state index contributed by atoms with van der Waals surface area (Å²) in [4.78, 5) is 25.6. The molecule has 2 fully saturated rings. The van der Waals surface area contributed by atoms with Gasteiger partial charge in [0.1, 0.15) is 22.7 Å². The minimum atomic E-state index is -4.42. The molecule has 1 aliphatic carbocycles. The van der Waals surface area contributed by atoms with Gasteiger partial charge in [-0.15, -0.1) is 0 Å². The summed E-state index contributed by atoms with van der Waals surface area (Å²) in [5.74, 6) is -5.17. The van der Waals surface area contributed by atoms with E-state index in [2.05, 4.69) is 10.6 Å². The summed E-state index contributed by atoms with van der Waals surface area (Å²) in [5, 5.41) is 13.5. The first-order chi connectivity index (χ1) is 14.0. The molecule has 1 unspecified atom stereocenters. The molecule has 3 amide bonds. The van der Waals surface area contributed by atoms with Crippen LogP contribution in [-0.4, -0.2) is 53.9 Å². The van der Waals surface area contributed by atoms with E-state index in [0.29, 0.717) is 0 Å². The van der Waals surface area contributed by atoms with Gasteiger partial charge >= 0.3 is 12.2 Å². The maximum Gasteiger partial charge on any atom is 0.391 e. The highest BCUT2D eigenvalue weighted by Crippen LogP contribution is 2.50. The number of piperazine rings is 1. The van der Waals surface area contributed by atoms with E-state index in [4.69, 9.17) is 11.6 Å². The zero-order valence-electron chi connectivity index (χ0n) is 15.5. The van der Waals surface area contributed by atoms with Crippen molar-refractivity contribution in [2.75, 3.05) is 19.7 Å². The number of rotatable bonds is 4. The van der Waals surface area contributed by atoms with E-state index in [1.165, 1.54) is 0 Å². The molecule has 3 N–H and O–H groups in total. The Morgan fingerprint density at radius 3 is 2.60 bits per heavy atom. The van der Waals surface area contributed by atoms with Gasteiger partial charge in [0.25, 0.3) is 0 Å². The Labute approximate surface area is 173 Å². The van der Waals surface area contributed by atoms with Gasteiger partial charge < -0.3 is 20.6 Å². The second-order valence-corrected chi connectivity index (χ2v) is 7.72. The highest BCUT2D eigenvalue weighted by atomic mass is 35.5. The smallest absolute Gasteiger partial charge is 0.391 e. The second-order valence-electron chi connectivity index (χ2n) is 7.34. The largest absolute Gasteiger partial charge is 0.394 e. The van der Waals surface area contributed by atoms with Crippen molar-refractivity contribution in [2.45, 2.75) is 31.1 Å². The molecule has 1 aromatic rings. The van der Waals surface area contributed by atoms with Crippen LogP contribution in [0.5, 0.6) is 0 Å². The summed E-state index contributed by atoms with van der Waals surface area (Å²) in [5.41, 5.74) is -0.248. The molecule has 1 heterocycles. The summed E-state index contributed by atoms with van der Waals surface area (Å²) < 4.78 is 66.9. The Balaban J connectivity index is 1.86. The first kappa shape index (κ1) is 22.5. The summed E-state index contributed by atoms with van der Waals surface area (Å²) in [6, 6.07) is -1.38. The number of alkyl halides is 3. The van der Waals surface area contributed by atoms with Gasteiger partial charge in [0.15, 0.2) is 0 Å². The maximum atomic E-state index is 14.6. The summed E-state index contributed by atoms with van der Waals surface area (Å²) in [6.07, 6.45) is -5.13. The molecular weight excluding hydrogens is 437 g/mol. The lowest BCUT2D eigenvalue weighted by Crippen LogP contribution is -2.61. The fourth-order valence-electron chi connectivity index (χ4n) is 3.79. The Kier molecular flexibility index (Phi) is 6.42. The minimum Gasteiger partial charge on any atom is -0.394 e. The maximum absolute atomic E-state index is 14.6. The van der Waals surface area contributed by atoms with Crippen molar-refractivity contribution in [1.29, 1.82) is 0 Å². The molecule has 1 saturated carbocycles. The number of carbonyl (C=O) groups is 2. The van der Waals surface area contributed by atoms with E-state index >= 15 is 0 Å². The SMILES string of the molecule is O=C1NCCN(C(=O)N[C@H](c2ccc(F)c(Cl)c2F)C2CC(C(F)(F)F)C2)C1CO. The molecule has 30 heavy (non-hydrogen) atoms. The van der Waals surface area contributed by atoms with Gasteiger partial charge in [-0.2, -0.15) is 13.2 Å². The highest BCUT2D eigenvalue weighted by Gasteiger charge is 2.51. The van der Waals surface area contributed by atoms with Crippen molar-refractivity contribution in [3.05, 3.63) is 34.4 Å². The molecule has 2 atom stereocenters. The third-order valence-corrected chi connectivity index (χ3v) is 5.90. The monoisotopic (exact) mass is 455 g/mol.